The number of methoxy groups -OCH3 is 2. The smallest absolute Gasteiger partial charge is 0.348 e. The van der Waals surface area contributed by atoms with Crippen molar-refractivity contribution in [2.24, 2.45) is 0 Å². The molecule has 0 N–H and O–H groups in total. The second-order valence-electron chi connectivity index (χ2n) is 8.99. The summed E-state index contributed by atoms with van der Waals surface area (Å²) >= 11 is 0. The highest BCUT2D eigenvalue weighted by Crippen LogP contribution is 2.36. The lowest BCUT2D eigenvalue weighted by molar-refractivity contribution is 0.0736. The number of hydrogen-bond acceptors (Lipinski definition) is 7. The molecule has 0 aliphatic carbocycles. The summed E-state index contributed by atoms with van der Waals surface area (Å²) in [6.07, 6.45) is 3.14. The monoisotopic (exact) mass is 548 g/mol. The SMILES string of the molecule is CCOc1ccc2oc(-c3ccccc3)c(C(=O)Oc3ccc(/C=C/C(=O)c4cc(OC)ccc4OC)cc3)c2c1. The molecular weight excluding hydrogens is 520 g/mol. The summed E-state index contributed by atoms with van der Waals surface area (Å²) in [7, 11) is 3.05. The van der Waals surface area contributed by atoms with Gasteiger partial charge in [0.05, 0.1) is 26.4 Å². The molecule has 5 aromatic rings. The zero-order chi connectivity index (χ0) is 28.8. The number of furan rings is 1. The third kappa shape index (κ3) is 5.99. The Kier molecular flexibility index (Phi) is 8.15. The molecule has 0 spiro atoms. The van der Waals surface area contributed by atoms with Crippen LogP contribution < -0.4 is 18.9 Å². The Bertz CT molecular complexity index is 1710. The van der Waals surface area contributed by atoms with E-state index in [-0.39, 0.29) is 5.78 Å². The van der Waals surface area contributed by atoms with E-state index in [1.54, 1.807) is 66.7 Å². The lowest BCUT2D eigenvalue weighted by Crippen LogP contribution is -2.09. The lowest BCUT2D eigenvalue weighted by atomic mass is 10.1. The van der Waals surface area contributed by atoms with E-state index in [1.807, 2.05) is 37.3 Å². The third-order valence-electron chi connectivity index (χ3n) is 6.40. The van der Waals surface area contributed by atoms with Crippen molar-refractivity contribution in [3.05, 3.63) is 114 Å². The first kappa shape index (κ1) is 27.3. The predicted octanol–water partition coefficient (Wildman–Crippen LogP) is 7.63. The van der Waals surface area contributed by atoms with Crippen molar-refractivity contribution in [2.45, 2.75) is 6.92 Å². The van der Waals surface area contributed by atoms with Crippen LogP contribution in [0.4, 0.5) is 0 Å². The Morgan fingerprint density at radius 2 is 1.54 bits per heavy atom. The fraction of sp³-hybridized carbons (Fsp3) is 0.118. The molecule has 4 aromatic carbocycles. The minimum absolute atomic E-state index is 0.233. The molecule has 0 amide bonds. The number of hydrogen-bond donors (Lipinski definition) is 0. The molecule has 0 unspecified atom stereocenters. The summed E-state index contributed by atoms with van der Waals surface area (Å²) < 4.78 is 28.1. The third-order valence-corrected chi connectivity index (χ3v) is 6.40. The van der Waals surface area contributed by atoms with E-state index in [0.717, 1.165) is 11.1 Å². The van der Waals surface area contributed by atoms with Gasteiger partial charge in [0.1, 0.15) is 39.9 Å². The average molecular weight is 549 g/mol. The molecule has 0 aliphatic rings. The Morgan fingerprint density at radius 3 is 2.24 bits per heavy atom. The van der Waals surface area contributed by atoms with Crippen LogP contribution in [0.15, 0.2) is 101 Å². The zero-order valence-corrected chi connectivity index (χ0v) is 22.9. The van der Waals surface area contributed by atoms with E-state index < -0.39 is 5.97 Å². The largest absolute Gasteiger partial charge is 0.497 e. The number of carbonyl (C=O) groups is 2. The maximum Gasteiger partial charge on any atom is 0.348 e. The van der Waals surface area contributed by atoms with Gasteiger partial charge in [-0.2, -0.15) is 0 Å². The second kappa shape index (κ2) is 12.3. The summed E-state index contributed by atoms with van der Waals surface area (Å²) in [5, 5.41) is 0.603. The zero-order valence-electron chi connectivity index (χ0n) is 22.9. The quantitative estimate of drug-likeness (QED) is 0.0768. The highest BCUT2D eigenvalue weighted by atomic mass is 16.5. The lowest BCUT2D eigenvalue weighted by Gasteiger charge is -2.08. The average Bonchev–Trinajstić information content (AvgIpc) is 3.40. The van der Waals surface area contributed by atoms with Gasteiger partial charge in [-0.3, -0.25) is 4.79 Å². The van der Waals surface area contributed by atoms with Gasteiger partial charge >= 0.3 is 5.97 Å². The van der Waals surface area contributed by atoms with Crippen molar-refractivity contribution in [3.8, 4) is 34.3 Å². The predicted molar refractivity (Wildman–Crippen MR) is 157 cm³/mol. The van der Waals surface area contributed by atoms with Gasteiger partial charge < -0.3 is 23.4 Å². The van der Waals surface area contributed by atoms with Crippen molar-refractivity contribution in [1.82, 2.24) is 0 Å². The fourth-order valence-electron chi connectivity index (χ4n) is 4.40. The summed E-state index contributed by atoms with van der Waals surface area (Å²) in [4.78, 5) is 26.3. The Morgan fingerprint density at radius 1 is 0.805 bits per heavy atom. The molecule has 1 heterocycles. The molecule has 5 rings (SSSR count). The molecule has 206 valence electrons. The molecule has 0 saturated carbocycles. The van der Waals surface area contributed by atoms with Crippen molar-refractivity contribution < 1.29 is 33.0 Å². The van der Waals surface area contributed by atoms with Gasteiger partial charge in [-0.1, -0.05) is 48.5 Å². The second-order valence-corrected chi connectivity index (χ2v) is 8.99. The Balaban J connectivity index is 1.38. The van der Waals surface area contributed by atoms with Crippen LogP contribution in [-0.4, -0.2) is 32.6 Å². The Labute approximate surface area is 237 Å². The van der Waals surface area contributed by atoms with E-state index >= 15 is 0 Å². The van der Waals surface area contributed by atoms with Gasteiger partial charge in [0.25, 0.3) is 0 Å². The van der Waals surface area contributed by atoms with Gasteiger partial charge in [-0.25, -0.2) is 4.79 Å². The maximum atomic E-state index is 13.5. The minimum Gasteiger partial charge on any atom is -0.497 e. The van der Waals surface area contributed by atoms with E-state index in [1.165, 1.54) is 20.3 Å². The normalized spacial score (nSPS) is 11.0. The van der Waals surface area contributed by atoms with Gasteiger partial charge in [-0.05, 0) is 67.1 Å². The molecule has 0 radical (unpaired) electrons. The van der Waals surface area contributed by atoms with E-state index in [0.29, 0.717) is 57.5 Å². The first-order valence-corrected chi connectivity index (χ1v) is 13.0. The van der Waals surface area contributed by atoms with Crippen LogP contribution in [0.5, 0.6) is 23.0 Å². The fourth-order valence-corrected chi connectivity index (χ4v) is 4.40. The molecule has 41 heavy (non-hydrogen) atoms. The topological polar surface area (TPSA) is 84.2 Å². The van der Waals surface area contributed by atoms with Crippen molar-refractivity contribution in [3.63, 3.8) is 0 Å². The van der Waals surface area contributed by atoms with Crippen molar-refractivity contribution >= 4 is 28.8 Å². The first-order valence-electron chi connectivity index (χ1n) is 13.0. The van der Waals surface area contributed by atoms with Crippen LogP contribution >= 0.6 is 0 Å². The van der Waals surface area contributed by atoms with Crippen LogP contribution in [0.25, 0.3) is 28.4 Å². The molecule has 1 aromatic heterocycles. The number of carbonyl (C=O) groups excluding carboxylic acids is 2. The maximum absolute atomic E-state index is 13.5. The molecule has 0 atom stereocenters. The molecular formula is C34H28O7. The van der Waals surface area contributed by atoms with E-state index in [4.69, 9.17) is 23.4 Å². The van der Waals surface area contributed by atoms with Gasteiger partial charge in [0, 0.05) is 10.9 Å². The number of allylic oxidation sites excluding steroid dienone is 1. The number of ether oxygens (including phenoxy) is 4. The van der Waals surface area contributed by atoms with Crippen LogP contribution in [0.3, 0.4) is 0 Å². The van der Waals surface area contributed by atoms with Crippen LogP contribution in [0.2, 0.25) is 0 Å². The number of fused-ring (bicyclic) bond motifs is 1. The van der Waals surface area contributed by atoms with Crippen LogP contribution in [0.1, 0.15) is 33.2 Å². The standard InChI is InChI=1S/C34H28O7/c1-4-39-26-16-19-31-28(21-26)32(33(41-31)23-8-6-5-7-9-23)34(36)40-24-13-10-22(11-14-24)12-17-29(35)27-20-25(37-2)15-18-30(27)38-3/h5-21H,4H2,1-3H3/b17-12+. The van der Waals surface area contributed by atoms with Gasteiger partial charge in [0.15, 0.2) is 5.78 Å². The molecule has 7 nitrogen and oxygen atoms in total. The Hall–Kier alpha value is -5.30. The number of esters is 1. The molecule has 7 heteroatoms. The minimum atomic E-state index is -0.556. The molecule has 0 saturated heterocycles. The number of benzene rings is 4. The highest BCUT2D eigenvalue weighted by Gasteiger charge is 2.24. The summed E-state index contributed by atoms with van der Waals surface area (Å²) in [6.45, 7) is 2.39. The molecule has 0 bridgehead atoms. The van der Waals surface area contributed by atoms with E-state index in [2.05, 4.69) is 0 Å². The molecule has 0 aliphatic heterocycles. The summed E-state index contributed by atoms with van der Waals surface area (Å²) in [5.41, 5.74) is 2.76. The van der Waals surface area contributed by atoms with Crippen molar-refractivity contribution in [1.29, 1.82) is 0 Å². The van der Waals surface area contributed by atoms with Crippen LogP contribution in [0, 0.1) is 0 Å². The van der Waals surface area contributed by atoms with Gasteiger partial charge in [0.2, 0.25) is 0 Å². The summed E-state index contributed by atoms with van der Waals surface area (Å²) in [6, 6.07) is 26.7. The highest BCUT2D eigenvalue weighted by molar-refractivity contribution is 6.10. The summed E-state index contributed by atoms with van der Waals surface area (Å²) in [5.74, 6) is 1.63. The van der Waals surface area contributed by atoms with Crippen molar-refractivity contribution in [2.75, 3.05) is 20.8 Å². The number of ketones is 1. The number of rotatable bonds is 10. The van der Waals surface area contributed by atoms with Crippen LogP contribution in [-0.2, 0) is 0 Å². The van der Waals surface area contributed by atoms with Gasteiger partial charge in [-0.15, -0.1) is 0 Å². The first-order chi connectivity index (χ1) is 20.0. The molecule has 0 fully saturated rings. The van der Waals surface area contributed by atoms with E-state index in [9.17, 15) is 9.59 Å².